The second-order valence-corrected chi connectivity index (χ2v) is 6.01. The number of hydrogen-bond donors (Lipinski definition) is 1. The van der Waals surface area contributed by atoms with Crippen LogP contribution in [0, 0.1) is 6.92 Å². The number of rotatable bonds is 1. The van der Waals surface area contributed by atoms with E-state index < -0.39 is 5.97 Å². The average molecular weight is 288 g/mol. The van der Waals surface area contributed by atoms with Gasteiger partial charge in [-0.2, -0.15) is 0 Å². The van der Waals surface area contributed by atoms with E-state index >= 15 is 0 Å². The van der Waals surface area contributed by atoms with Crippen molar-refractivity contribution >= 4 is 16.9 Å². The molecule has 0 fully saturated rings. The highest BCUT2D eigenvalue weighted by atomic mass is 16.5. The van der Waals surface area contributed by atoms with Gasteiger partial charge >= 0.3 is 5.97 Å². The highest BCUT2D eigenvalue weighted by Crippen LogP contribution is 2.38. The van der Waals surface area contributed by atoms with Crippen LogP contribution in [0.25, 0.3) is 11.0 Å². The summed E-state index contributed by atoms with van der Waals surface area (Å²) in [5.41, 5.74) is 1.31. The first-order valence-electron chi connectivity index (χ1n) is 6.81. The third kappa shape index (κ3) is 2.18. The number of carboxylic acid groups (broad SMARTS) is 1. The SMILES string of the molecule is Cc1c2c(cc3c(=O)cc(C(=O)O)oc13)CCC(C)(C)O2. The Morgan fingerprint density at radius 2 is 2.05 bits per heavy atom. The van der Waals surface area contributed by atoms with Crippen LogP contribution in [0.5, 0.6) is 5.75 Å². The van der Waals surface area contributed by atoms with Crippen LogP contribution >= 0.6 is 0 Å². The lowest BCUT2D eigenvalue weighted by molar-refractivity contribution is 0.0661. The summed E-state index contributed by atoms with van der Waals surface area (Å²) < 4.78 is 11.4. The lowest BCUT2D eigenvalue weighted by Crippen LogP contribution is -2.33. The standard InChI is InChI=1S/C16H16O5/c1-8-13-9(4-5-16(2,3)21-13)6-10-11(17)7-12(15(18)19)20-14(8)10/h6-7H,4-5H2,1-3H3,(H,18,19). The monoisotopic (exact) mass is 288 g/mol. The molecule has 5 nitrogen and oxygen atoms in total. The maximum Gasteiger partial charge on any atom is 0.371 e. The lowest BCUT2D eigenvalue weighted by atomic mass is 9.91. The van der Waals surface area contributed by atoms with E-state index in [4.69, 9.17) is 14.3 Å². The summed E-state index contributed by atoms with van der Waals surface area (Å²) in [6.45, 7) is 5.80. The Morgan fingerprint density at radius 1 is 1.33 bits per heavy atom. The number of benzene rings is 1. The molecule has 0 unspecified atom stereocenters. The van der Waals surface area contributed by atoms with Gasteiger partial charge in [0.15, 0.2) is 5.43 Å². The molecule has 1 aliphatic heterocycles. The van der Waals surface area contributed by atoms with Crippen molar-refractivity contribution in [3.05, 3.63) is 39.2 Å². The number of aryl methyl sites for hydroxylation is 2. The van der Waals surface area contributed by atoms with E-state index in [-0.39, 0.29) is 22.4 Å². The molecule has 1 aromatic heterocycles. The highest BCUT2D eigenvalue weighted by Gasteiger charge is 2.29. The molecule has 5 heteroatoms. The fourth-order valence-corrected chi connectivity index (χ4v) is 2.70. The molecule has 0 saturated heterocycles. The van der Waals surface area contributed by atoms with E-state index in [1.807, 2.05) is 13.8 Å². The molecule has 2 heterocycles. The van der Waals surface area contributed by atoms with Crippen molar-refractivity contribution in [3.8, 4) is 5.75 Å². The molecule has 1 N–H and O–H groups in total. The van der Waals surface area contributed by atoms with Gasteiger partial charge in [-0.15, -0.1) is 0 Å². The average Bonchev–Trinajstić information content (AvgIpc) is 2.40. The summed E-state index contributed by atoms with van der Waals surface area (Å²) in [6.07, 6.45) is 1.68. The van der Waals surface area contributed by atoms with Crippen molar-refractivity contribution in [1.29, 1.82) is 0 Å². The minimum atomic E-state index is -1.26. The first kappa shape index (κ1) is 13.7. The Balaban J connectivity index is 2.33. The predicted octanol–water partition coefficient (Wildman–Crippen LogP) is 2.90. The Hall–Kier alpha value is -2.30. The first-order valence-corrected chi connectivity index (χ1v) is 6.81. The second-order valence-electron chi connectivity index (χ2n) is 6.01. The van der Waals surface area contributed by atoms with Gasteiger partial charge in [-0.25, -0.2) is 4.79 Å². The molecule has 0 bridgehead atoms. The van der Waals surface area contributed by atoms with Gasteiger partial charge in [0.25, 0.3) is 0 Å². The van der Waals surface area contributed by atoms with Crippen molar-refractivity contribution in [3.63, 3.8) is 0 Å². The molecule has 1 aliphatic rings. The molecule has 110 valence electrons. The topological polar surface area (TPSA) is 76.7 Å². The summed E-state index contributed by atoms with van der Waals surface area (Å²) in [7, 11) is 0. The molecule has 21 heavy (non-hydrogen) atoms. The fourth-order valence-electron chi connectivity index (χ4n) is 2.70. The van der Waals surface area contributed by atoms with Crippen LogP contribution in [0.3, 0.4) is 0 Å². The molecule has 0 atom stereocenters. The second kappa shape index (κ2) is 4.35. The van der Waals surface area contributed by atoms with Gasteiger partial charge in [0.1, 0.15) is 16.9 Å². The van der Waals surface area contributed by atoms with Crippen molar-refractivity contribution in [1.82, 2.24) is 0 Å². The molecule has 0 spiro atoms. The zero-order valence-electron chi connectivity index (χ0n) is 12.1. The highest BCUT2D eigenvalue weighted by molar-refractivity contribution is 5.89. The fraction of sp³-hybridized carbons (Fsp3) is 0.375. The summed E-state index contributed by atoms with van der Waals surface area (Å²) in [5, 5.41) is 9.42. The quantitative estimate of drug-likeness (QED) is 0.873. The third-order valence-electron chi connectivity index (χ3n) is 3.86. The largest absolute Gasteiger partial charge is 0.487 e. The Labute approximate surface area is 121 Å². The molecular weight excluding hydrogens is 272 g/mol. The molecule has 0 aliphatic carbocycles. The zero-order chi connectivity index (χ0) is 15.4. The van der Waals surface area contributed by atoms with Crippen LogP contribution in [-0.2, 0) is 6.42 Å². The summed E-state index contributed by atoms with van der Waals surface area (Å²) in [6, 6.07) is 2.77. The number of carbonyl (C=O) groups is 1. The predicted molar refractivity (Wildman–Crippen MR) is 77.2 cm³/mol. The minimum absolute atomic E-state index is 0.282. The summed E-state index contributed by atoms with van der Waals surface area (Å²) >= 11 is 0. The van der Waals surface area contributed by atoms with E-state index in [9.17, 15) is 9.59 Å². The number of ether oxygens (including phenoxy) is 1. The van der Waals surface area contributed by atoms with Gasteiger partial charge in [0, 0.05) is 11.6 Å². The van der Waals surface area contributed by atoms with Crippen LogP contribution in [0.15, 0.2) is 21.3 Å². The maximum absolute atomic E-state index is 12.1. The van der Waals surface area contributed by atoms with E-state index in [0.29, 0.717) is 16.7 Å². The van der Waals surface area contributed by atoms with Gasteiger partial charge in [0.05, 0.1) is 5.39 Å². The van der Waals surface area contributed by atoms with Gasteiger partial charge in [-0.1, -0.05) is 0 Å². The third-order valence-corrected chi connectivity index (χ3v) is 3.86. The van der Waals surface area contributed by atoms with Gasteiger partial charge in [0.2, 0.25) is 5.76 Å². The van der Waals surface area contributed by atoms with Crippen LogP contribution in [0.4, 0.5) is 0 Å². The Bertz CT molecular complexity index is 814. The van der Waals surface area contributed by atoms with E-state index in [1.165, 1.54) is 0 Å². The van der Waals surface area contributed by atoms with Gasteiger partial charge in [-0.05, 0) is 45.2 Å². The normalized spacial score (nSPS) is 16.3. The number of aromatic carboxylic acids is 1. The molecule has 0 radical (unpaired) electrons. The molecule has 0 saturated carbocycles. The Morgan fingerprint density at radius 3 is 2.71 bits per heavy atom. The maximum atomic E-state index is 12.1. The number of fused-ring (bicyclic) bond motifs is 2. The van der Waals surface area contributed by atoms with Crippen molar-refractivity contribution in [2.24, 2.45) is 0 Å². The molecule has 3 rings (SSSR count). The van der Waals surface area contributed by atoms with E-state index in [0.717, 1.165) is 24.5 Å². The zero-order valence-corrected chi connectivity index (χ0v) is 12.1. The summed E-state index contributed by atoms with van der Waals surface area (Å²) in [4.78, 5) is 23.1. The van der Waals surface area contributed by atoms with E-state index in [2.05, 4.69) is 0 Å². The first-order chi connectivity index (χ1) is 9.78. The molecule has 2 aromatic rings. The number of hydrogen-bond acceptors (Lipinski definition) is 4. The van der Waals surface area contributed by atoms with Crippen LogP contribution in [-0.4, -0.2) is 16.7 Å². The smallest absolute Gasteiger partial charge is 0.371 e. The lowest BCUT2D eigenvalue weighted by Gasteiger charge is -2.33. The van der Waals surface area contributed by atoms with Gasteiger partial charge in [-0.3, -0.25) is 4.79 Å². The van der Waals surface area contributed by atoms with Crippen molar-refractivity contribution in [2.75, 3.05) is 0 Å². The van der Waals surface area contributed by atoms with Crippen molar-refractivity contribution in [2.45, 2.75) is 39.2 Å². The van der Waals surface area contributed by atoms with Gasteiger partial charge < -0.3 is 14.3 Å². The minimum Gasteiger partial charge on any atom is -0.487 e. The Kier molecular flexibility index (Phi) is 2.83. The van der Waals surface area contributed by atoms with Crippen LogP contribution < -0.4 is 10.2 Å². The van der Waals surface area contributed by atoms with E-state index in [1.54, 1.807) is 13.0 Å². The van der Waals surface area contributed by atoms with Crippen LogP contribution in [0.1, 0.15) is 41.9 Å². The number of carboxylic acids is 1. The summed E-state index contributed by atoms with van der Waals surface area (Å²) in [5.74, 6) is -0.914. The van der Waals surface area contributed by atoms with Crippen LogP contribution in [0.2, 0.25) is 0 Å². The molecular formula is C16H16O5. The molecule has 1 aromatic carbocycles. The van der Waals surface area contributed by atoms with Crippen molar-refractivity contribution < 1.29 is 19.1 Å². The molecule has 0 amide bonds.